The summed E-state index contributed by atoms with van der Waals surface area (Å²) in [7, 11) is 1.27. The maximum atomic E-state index is 14.3. The normalized spacial score (nSPS) is 13.5. The minimum atomic E-state index is -1.12. The Labute approximate surface area is 180 Å². The van der Waals surface area contributed by atoms with E-state index in [1.807, 2.05) is 31.2 Å². The Kier molecular flexibility index (Phi) is 4.70. The first-order chi connectivity index (χ1) is 15.0. The number of nitrogens with one attached hydrogen (secondary N) is 1. The van der Waals surface area contributed by atoms with Crippen LogP contribution in [0.4, 0.5) is 19.6 Å². The number of ether oxygens (including phenoxy) is 1. The Bertz CT molecular complexity index is 1380. The van der Waals surface area contributed by atoms with Crippen LogP contribution in [0, 0.1) is 18.6 Å². The van der Waals surface area contributed by atoms with Crippen molar-refractivity contribution in [1.29, 1.82) is 0 Å². The van der Waals surface area contributed by atoms with Crippen molar-refractivity contribution in [3.63, 3.8) is 0 Å². The van der Waals surface area contributed by atoms with Gasteiger partial charge in [-0.05, 0) is 37.5 Å². The molecule has 5 rings (SSSR count). The Hall–Kier alpha value is -3.33. The second-order valence-electron chi connectivity index (χ2n) is 7.46. The molecular weight excluding hydrogens is 422 g/mol. The van der Waals surface area contributed by atoms with Crippen LogP contribution in [-0.2, 0) is 0 Å². The van der Waals surface area contributed by atoms with Gasteiger partial charge >= 0.3 is 0 Å². The van der Waals surface area contributed by atoms with Gasteiger partial charge in [-0.1, -0.05) is 29.5 Å². The average molecular weight is 440 g/mol. The Morgan fingerprint density at radius 1 is 1.23 bits per heavy atom. The number of hydrogen-bond acceptors (Lipinski definition) is 6. The van der Waals surface area contributed by atoms with E-state index in [-0.39, 0.29) is 22.7 Å². The summed E-state index contributed by atoms with van der Waals surface area (Å²) in [5, 5.41) is 12.5. The van der Waals surface area contributed by atoms with Crippen LogP contribution in [0.5, 0.6) is 5.75 Å². The van der Waals surface area contributed by atoms with E-state index in [4.69, 9.17) is 4.74 Å². The highest BCUT2D eigenvalue weighted by molar-refractivity contribution is 7.18. The van der Waals surface area contributed by atoms with Crippen LogP contribution in [0.15, 0.2) is 41.3 Å². The van der Waals surface area contributed by atoms with Crippen LogP contribution in [-0.4, -0.2) is 21.9 Å². The maximum absolute atomic E-state index is 14.3. The van der Waals surface area contributed by atoms with E-state index < -0.39 is 17.1 Å². The van der Waals surface area contributed by atoms with Crippen molar-refractivity contribution in [2.45, 2.75) is 25.8 Å². The fourth-order valence-electron chi connectivity index (χ4n) is 3.62. The highest BCUT2D eigenvalue weighted by Gasteiger charge is 2.30. The Morgan fingerprint density at radius 2 is 2.00 bits per heavy atom. The summed E-state index contributed by atoms with van der Waals surface area (Å²) in [6.07, 6.45) is 3.42. The molecule has 2 aromatic carbocycles. The van der Waals surface area contributed by atoms with E-state index in [0.717, 1.165) is 30.2 Å². The van der Waals surface area contributed by atoms with Crippen molar-refractivity contribution < 1.29 is 13.5 Å². The highest BCUT2D eigenvalue weighted by Crippen LogP contribution is 2.41. The van der Waals surface area contributed by atoms with Crippen molar-refractivity contribution in [3.05, 3.63) is 63.9 Å². The van der Waals surface area contributed by atoms with Crippen molar-refractivity contribution in [2.24, 2.45) is 0 Å². The van der Waals surface area contributed by atoms with E-state index in [2.05, 4.69) is 15.5 Å². The number of aromatic nitrogens is 3. The molecule has 2 heterocycles. The van der Waals surface area contributed by atoms with Gasteiger partial charge in [-0.2, -0.15) is 4.39 Å². The first kappa shape index (κ1) is 19.6. The van der Waals surface area contributed by atoms with Gasteiger partial charge in [0.2, 0.25) is 10.9 Å². The van der Waals surface area contributed by atoms with Gasteiger partial charge in [0.25, 0.3) is 0 Å². The second kappa shape index (κ2) is 7.42. The molecule has 1 N–H and O–H groups in total. The number of aryl methyl sites for hydroxylation is 1. The molecule has 0 atom stereocenters. The van der Waals surface area contributed by atoms with Gasteiger partial charge < -0.3 is 14.6 Å². The highest BCUT2D eigenvalue weighted by atomic mass is 32.1. The summed E-state index contributed by atoms with van der Waals surface area (Å²) >= 11 is 1.22. The lowest BCUT2D eigenvalue weighted by Gasteiger charge is -2.15. The lowest BCUT2D eigenvalue weighted by molar-refractivity contribution is 0.375. The molecule has 158 valence electrons. The standard InChI is InChI=1S/C22H18F2N4O2S/c1-11-5-3-4-6-16(11)25-22-27-26-21(31-22)14-10-28(12-7-8-12)18-13(19(14)29)9-15(23)17(24)20(18)30-2/h3-6,9-10,12H,7-8H2,1-2H3,(H,25,27). The number of methoxy groups -OCH3 is 1. The number of para-hydroxylation sites is 1. The minimum Gasteiger partial charge on any atom is -0.491 e. The lowest BCUT2D eigenvalue weighted by atomic mass is 10.1. The molecule has 0 spiro atoms. The number of nitrogens with zero attached hydrogens (tertiary/aromatic N) is 3. The fraction of sp³-hybridized carbons (Fsp3) is 0.227. The van der Waals surface area contributed by atoms with E-state index in [1.165, 1.54) is 18.4 Å². The quantitative estimate of drug-likeness (QED) is 0.462. The van der Waals surface area contributed by atoms with Gasteiger partial charge in [-0.15, -0.1) is 10.2 Å². The van der Waals surface area contributed by atoms with E-state index in [9.17, 15) is 13.6 Å². The molecule has 0 unspecified atom stereocenters. The van der Waals surface area contributed by atoms with Crippen LogP contribution in [0.1, 0.15) is 24.4 Å². The monoisotopic (exact) mass is 440 g/mol. The SMILES string of the molecule is COc1c(F)c(F)cc2c(=O)c(-c3nnc(Nc4ccccc4C)s3)cn(C3CC3)c12. The summed E-state index contributed by atoms with van der Waals surface area (Å²) in [5.41, 5.74) is 2.05. The predicted molar refractivity (Wildman–Crippen MR) is 116 cm³/mol. The second-order valence-corrected chi connectivity index (χ2v) is 8.44. The van der Waals surface area contributed by atoms with Gasteiger partial charge in [0.05, 0.1) is 23.6 Å². The van der Waals surface area contributed by atoms with Crippen molar-refractivity contribution >= 4 is 33.1 Å². The number of rotatable bonds is 5. The Balaban J connectivity index is 1.66. The van der Waals surface area contributed by atoms with Crippen LogP contribution in [0.3, 0.4) is 0 Å². The molecule has 0 radical (unpaired) electrons. The third kappa shape index (κ3) is 3.34. The molecule has 0 bridgehead atoms. The Morgan fingerprint density at radius 3 is 2.71 bits per heavy atom. The third-order valence-electron chi connectivity index (χ3n) is 5.35. The zero-order valence-corrected chi connectivity index (χ0v) is 17.6. The number of halogens is 2. The number of fused-ring (bicyclic) bond motifs is 1. The zero-order chi connectivity index (χ0) is 21.7. The minimum absolute atomic E-state index is 0.0590. The van der Waals surface area contributed by atoms with Crippen LogP contribution in [0.2, 0.25) is 0 Å². The van der Waals surface area contributed by atoms with Gasteiger partial charge in [-0.25, -0.2) is 4.39 Å². The number of benzene rings is 2. The summed E-state index contributed by atoms with van der Waals surface area (Å²) in [4.78, 5) is 13.2. The lowest BCUT2D eigenvalue weighted by Crippen LogP contribution is -2.14. The summed E-state index contributed by atoms with van der Waals surface area (Å²) in [6.45, 7) is 1.98. The third-order valence-corrected chi connectivity index (χ3v) is 6.22. The molecule has 6 nitrogen and oxygen atoms in total. The van der Waals surface area contributed by atoms with Gasteiger partial charge in [-0.3, -0.25) is 4.79 Å². The zero-order valence-electron chi connectivity index (χ0n) is 16.8. The molecule has 4 aromatic rings. The van der Waals surface area contributed by atoms with E-state index in [0.29, 0.717) is 15.7 Å². The summed E-state index contributed by atoms with van der Waals surface area (Å²) in [6, 6.07) is 8.79. The smallest absolute Gasteiger partial charge is 0.210 e. The molecule has 2 aromatic heterocycles. The summed E-state index contributed by atoms with van der Waals surface area (Å²) in [5.74, 6) is -2.48. The van der Waals surface area contributed by atoms with Crippen LogP contribution in [0.25, 0.3) is 21.5 Å². The molecule has 0 amide bonds. The molecule has 0 saturated heterocycles. The number of anilines is 2. The number of hydrogen-bond donors (Lipinski definition) is 1. The first-order valence-corrected chi connectivity index (χ1v) is 10.6. The molecule has 9 heteroatoms. The largest absolute Gasteiger partial charge is 0.491 e. The van der Waals surface area contributed by atoms with Crippen LogP contribution >= 0.6 is 11.3 Å². The summed E-state index contributed by atoms with van der Waals surface area (Å²) < 4.78 is 35.5. The van der Waals surface area contributed by atoms with Crippen LogP contribution < -0.4 is 15.5 Å². The fourth-order valence-corrected chi connectivity index (χ4v) is 4.38. The molecule has 31 heavy (non-hydrogen) atoms. The van der Waals surface area contributed by atoms with Gasteiger partial charge in [0, 0.05) is 17.9 Å². The van der Waals surface area contributed by atoms with E-state index >= 15 is 0 Å². The van der Waals surface area contributed by atoms with Crippen molar-refractivity contribution in [2.75, 3.05) is 12.4 Å². The van der Waals surface area contributed by atoms with E-state index in [1.54, 1.807) is 10.8 Å². The molecule has 1 aliphatic carbocycles. The molecule has 1 saturated carbocycles. The number of pyridine rings is 1. The molecule has 1 aliphatic rings. The molecule has 1 fully saturated rings. The predicted octanol–water partition coefficient (Wildman–Crippen LogP) is 5.19. The maximum Gasteiger partial charge on any atom is 0.210 e. The molecule has 0 aliphatic heterocycles. The first-order valence-electron chi connectivity index (χ1n) is 9.75. The van der Waals surface area contributed by atoms with Crippen molar-refractivity contribution in [1.82, 2.24) is 14.8 Å². The molecular formula is C22H18F2N4O2S. The van der Waals surface area contributed by atoms with Gasteiger partial charge in [0.1, 0.15) is 0 Å². The van der Waals surface area contributed by atoms with Crippen molar-refractivity contribution in [3.8, 4) is 16.3 Å². The average Bonchev–Trinajstić information content (AvgIpc) is 3.50. The topological polar surface area (TPSA) is 69.0 Å². The van der Waals surface area contributed by atoms with Gasteiger partial charge in [0.15, 0.2) is 22.0 Å².